The van der Waals surface area contributed by atoms with Crippen LogP contribution in [-0.4, -0.2) is 36.9 Å². The molecule has 0 aliphatic carbocycles. The molecule has 2 aromatic carbocycles. The molecule has 2 fully saturated rings. The van der Waals surface area contributed by atoms with Gasteiger partial charge in [0.05, 0.1) is 6.61 Å². The predicted molar refractivity (Wildman–Crippen MR) is 110 cm³/mol. The average molecular weight is 448 g/mol. The molecule has 4 rings (SSSR count). The lowest BCUT2D eigenvalue weighted by atomic mass is 10.1. The van der Waals surface area contributed by atoms with Crippen LogP contribution in [-0.2, 0) is 32.1 Å². The van der Waals surface area contributed by atoms with E-state index in [1.54, 1.807) is 0 Å². The molecule has 0 unspecified atom stereocenters. The Balaban J connectivity index is 1.40. The van der Waals surface area contributed by atoms with Gasteiger partial charge in [0.1, 0.15) is 18.3 Å². The van der Waals surface area contributed by atoms with E-state index in [0.717, 1.165) is 16.6 Å². The molecule has 0 aromatic heterocycles. The van der Waals surface area contributed by atoms with E-state index in [9.17, 15) is 0 Å². The summed E-state index contributed by atoms with van der Waals surface area (Å²) in [6.45, 7) is 5.73. The van der Waals surface area contributed by atoms with Crippen molar-refractivity contribution in [1.82, 2.24) is 5.32 Å². The lowest BCUT2D eigenvalue weighted by Crippen LogP contribution is -2.41. The molecule has 2 aliphatic rings. The molecule has 4 atom stereocenters. The largest absolute Gasteiger partial charge is 0.368 e. The number of nitrogens with one attached hydrogen (secondary N) is 1. The van der Waals surface area contributed by atoms with Crippen LogP contribution in [0.1, 0.15) is 25.0 Å². The van der Waals surface area contributed by atoms with Crippen LogP contribution in [0, 0.1) is 0 Å². The van der Waals surface area contributed by atoms with Gasteiger partial charge in [-0.2, -0.15) is 0 Å². The van der Waals surface area contributed by atoms with Crippen molar-refractivity contribution in [3.8, 4) is 0 Å². The number of halogens is 1. The summed E-state index contributed by atoms with van der Waals surface area (Å²) >= 11 is 3.58. The number of hydrogen-bond acceptors (Lipinski definition) is 5. The van der Waals surface area contributed by atoms with Crippen molar-refractivity contribution >= 4 is 15.9 Å². The highest BCUT2D eigenvalue weighted by Crippen LogP contribution is 2.39. The van der Waals surface area contributed by atoms with Gasteiger partial charge in [0, 0.05) is 17.6 Å². The number of ether oxygens (including phenoxy) is 4. The molecular weight excluding hydrogens is 422 g/mol. The van der Waals surface area contributed by atoms with Gasteiger partial charge >= 0.3 is 0 Å². The van der Waals surface area contributed by atoms with Gasteiger partial charge in [-0.3, -0.25) is 0 Å². The van der Waals surface area contributed by atoms with E-state index in [1.807, 2.05) is 50.2 Å². The second-order valence-electron chi connectivity index (χ2n) is 7.63. The Morgan fingerprint density at radius 2 is 1.79 bits per heavy atom. The molecule has 2 aromatic rings. The van der Waals surface area contributed by atoms with Crippen molar-refractivity contribution in [2.75, 3.05) is 6.54 Å². The lowest BCUT2D eigenvalue weighted by molar-refractivity contribution is -0.218. The highest BCUT2D eigenvalue weighted by molar-refractivity contribution is 9.10. The molecule has 0 bridgehead atoms. The van der Waals surface area contributed by atoms with Crippen molar-refractivity contribution in [3.63, 3.8) is 0 Å². The molecule has 1 N–H and O–H groups in total. The van der Waals surface area contributed by atoms with E-state index in [1.165, 1.54) is 5.56 Å². The molecule has 2 heterocycles. The quantitative estimate of drug-likeness (QED) is 0.694. The van der Waals surface area contributed by atoms with Gasteiger partial charge in [-0.15, -0.1) is 0 Å². The third-order valence-corrected chi connectivity index (χ3v) is 5.77. The Bertz CT molecular complexity index is 785. The molecular formula is C22H26BrNO4. The second kappa shape index (κ2) is 8.61. The molecule has 28 heavy (non-hydrogen) atoms. The lowest BCUT2D eigenvalue weighted by Gasteiger charge is -2.26. The first kappa shape index (κ1) is 20.0. The first-order chi connectivity index (χ1) is 13.5. The van der Waals surface area contributed by atoms with Crippen LogP contribution in [0.15, 0.2) is 59.1 Å². The number of benzene rings is 2. The number of hydrogen-bond donors (Lipinski definition) is 1. The molecule has 2 aliphatic heterocycles. The van der Waals surface area contributed by atoms with Crippen LogP contribution in [0.2, 0.25) is 0 Å². The van der Waals surface area contributed by atoms with Crippen molar-refractivity contribution in [2.24, 2.45) is 0 Å². The summed E-state index contributed by atoms with van der Waals surface area (Å²) in [5.41, 5.74) is 2.33. The van der Waals surface area contributed by atoms with Gasteiger partial charge in [-0.05, 0) is 31.0 Å². The molecule has 0 spiro atoms. The zero-order chi connectivity index (χ0) is 19.6. The van der Waals surface area contributed by atoms with Gasteiger partial charge < -0.3 is 24.3 Å². The zero-order valence-corrected chi connectivity index (χ0v) is 17.7. The Hall–Kier alpha value is -1.28. The second-order valence-corrected chi connectivity index (χ2v) is 8.48. The van der Waals surface area contributed by atoms with Crippen molar-refractivity contribution in [2.45, 2.75) is 57.4 Å². The highest BCUT2D eigenvalue weighted by atomic mass is 79.9. The number of fused-ring (bicyclic) bond motifs is 1. The number of rotatable bonds is 7. The van der Waals surface area contributed by atoms with Crippen molar-refractivity contribution in [3.05, 3.63) is 70.2 Å². The smallest absolute Gasteiger partial charge is 0.190 e. The first-order valence-corrected chi connectivity index (χ1v) is 10.4. The Morgan fingerprint density at radius 3 is 2.57 bits per heavy atom. The standard InChI is InChI=1S/C22H26BrNO4/c1-22(2)27-20-19(25-14-16-10-6-7-11-17(16)23)18(26-21(20)28-22)13-24-12-15-8-4-3-5-9-15/h3-11,18-21,24H,12-14H2,1-2H3/t18-,19+,20-,21-/m1/s1. The SMILES string of the molecule is CC1(C)O[C@H]2O[C@H](CNCc3ccccc3)[C@H](OCc3ccccc3Br)[C@H]2O1. The summed E-state index contributed by atoms with van der Waals surface area (Å²) < 4.78 is 25.5. The van der Waals surface area contributed by atoms with Crippen LogP contribution < -0.4 is 5.32 Å². The van der Waals surface area contributed by atoms with Crippen molar-refractivity contribution < 1.29 is 18.9 Å². The molecule has 2 saturated heterocycles. The summed E-state index contributed by atoms with van der Waals surface area (Å²) in [5.74, 6) is -0.660. The normalized spacial score (nSPS) is 28.4. The molecule has 0 amide bonds. The summed E-state index contributed by atoms with van der Waals surface area (Å²) in [5, 5.41) is 3.47. The molecule has 150 valence electrons. The van der Waals surface area contributed by atoms with Gasteiger partial charge in [-0.1, -0.05) is 64.5 Å². The minimum absolute atomic E-state index is 0.141. The fourth-order valence-electron chi connectivity index (χ4n) is 3.67. The third kappa shape index (κ3) is 4.64. The zero-order valence-electron chi connectivity index (χ0n) is 16.1. The Kier molecular flexibility index (Phi) is 6.16. The van der Waals surface area contributed by atoms with Crippen LogP contribution in [0.25, 0.3) is 0 Å². The highest BCUT2D eigenvalue weighted by Gasteiger charge is 2.55. The van der Waals surface area contributed by atoms with Crippen LogP contribution >= 0.6 is 15.9 Å². The maximum atomic E-state index is 6.29. The van der Waals surface area contributed by atoms with Gasteiger partial charge in [-0.25, -0.2) is 0 Å². The Labute approximate surface area is 174 Å². The van der Waals surface area contributed by atoms with Gasteiger partial charge in [0.25, 0.3) is 0 Å². The first-order valence-electron chi connectivity index (χ1n) is 9.62. The van der Waals surface area contributed by atoms with E-state index in [4.69, 9.17) is 18.9 Å². The van der Waals surface area contributed by atoms with E-state index in [0.29, 0.717) is 13.2 Å². The topological polar surface area (TPSA) is 49.0 Å². The van der Waals surface area contributed by atoms with Crippen LogP contribution in [0.3, 0.4) is 0 Å². The maximum Gasteiger partial charge on any atom is 0.190 e. The summed E-state index contributed by atoms with van der Waals surface area (Å²) in [4.78, 5) is 0. The third-order valence-electron chi connectivity index (χ3n) is 4.99. The maximum absolute atomic E-state index is 6.29. The van der Waals surface area contributed by atoms with Crippen LogP contribution in [0.5, 0.6) is 0 Å². The minimum Gasteiger partial charge on any atom is -0.368 e. The van der Waals surface area contributed by atoms with Gasteiger partial charge in [0.2, 0.25) is 0 Å². The summed E-state index contributed by atoms with van der Waals surface area (Å²) in [6.07, 6.45) is -0.983. The molecule has 6 heteroatoms. The molecule has 5 nitrogen and oxygen atoms in total. The van der Waals surface area contributed by atoms with E-state index in [2.05, 4.69) is 39.4 Å². The van der Waals surface area contributed by atoms with E-state index >= 15 is 0 Å². The minimum atomic E-state index is -0.660. The summed E-state index contributed by atoms with van der Waals surface area (Å²) in [7, 11) is 0. The monoisotopic (exact) mass is 447 g/mol. The van der Waals surface area contributed by atoms with Crippen LogP contribution in [0.4, 0.5) is 0 Å². The van der Waals surface area contributed by atoms with E-state index < -0.39 is 12.1 Å². The average Bonchev–Trinajstić information content (AvgIpc) is 3.13. The predicted octanol–water partition coefficient (Wildman–Crippen LogP) is 4.00. The Morgan fingerprint density at radius 1 is 1.04 bits per heavy atom. The summed E-state index contributed by atoms with van der Waals surface area (Å²) in [6, 6.07) is 18.4. The molecule has 0 saturated carbocycles. The van der Waals surface area contributed by atoms with E-state index in [-0.39, 0.29) is 18.3 Å². The fourth-order valence-corrected chi connectivity index (χ4v) is 4.07. The fraction of sp³-hybridized carbons (Fsp3) is 0.455. The van der Waals surface area contributed by atoms with Crippen molar-refractivity contribution in [1.29, 1.82) is 0 Å². The molecule has 0 radical (unpaired) electrons. The van der Waals surface area contributed by atoms with Gasteiger partial charge in [0.15, 0.2) is 12.1 Å².